The molecule has 4 aromatic rings. The first kappa shape index (κ1) is 38.7. The molecule has 0 aliphatic carbocycles. The van der Waals surface area contributed by atoms with E-state index >= 15 is 0 Å². The van der Waals surface area contributed by atoms with Crippen LogP contribution in [0.15, 0.2) is 77.8 Å². The Morgan fingerprint density at radius 2 is 1.73 bits per heavy atom. The summed E-state index contributed by atoms with van der Waals surface area (Å²) >= 11 is 0. The van der Waals surface area contributed by atoms with Crippen molar-refractivity contribution in [2.45, 2.75) is 70.2 Å². The molecule has 1 fully saturated rings. The molecule has 0 spiro atoms. The van der Waals surface area contributed by atoms with Crippen molar-refractivity contribution in [1.29, 1.82) is 0 Å². The van der Waals surface area contributed by atoms with Crippen LogP contribution in [0.25, 0.3) is 11.2 Å². The number of methoxy groups -OCH3 is 1. The van der Waals surface area contributed by atoms with Gasteiger partial charge in [0.15, 0.2) is 5.65 Å². The minimum atomic E-state index is -4.01. The standard InChI is InChI=1S/C38H51N7O6S/c1-7-27(4)35(45-21-20-43(38(45)48)25-34-40-31-14-11-19-39-36(31)42(34)5)37(47)41-32(22-28-12-9-8-10-13-28)33(46)24-44(23-26(2)3)52(49,50)30-17-15-29(51-6)16-18-30/h8-19,26-27,32-33,35,46H,7,20-25H2,1-6H3,(H,41,47)/t27?,32-,33+,35?/m0/s1. The Balaban J connectivity index is 1.38. The number of imidazole rings is 1. The van der Waals surface area contributed by atoms with Crippen LogP contribution in [0.1, 0.15) is 45.5 Å². The topological polar surface area (TPSA) is 150 Å². The van der Waals surface area contributed by atoms with Gasteiger partial charge < -0.3 is 29.5 Å². The molecule has 0 saturated carbocycles. The van der Waals surface area contributed by atoms with Crippen molar-refractivity contribution in [3.05, 3.63) is 84.3 Å². The lowest BCUT2D eigenvalue weighted by atomic mass is 9.95. The second kappa shape index (κ2) is 16.9. The maximum Gasteiger partial charge on any atom is 0.321 e. The van der Waals surface area contributed by atoms with Crippen molar-refractivity contribution < 1.29 is 27.9 Å². The lowest BCUT2D eigenvalue weighted by Crippen LogP contribution is -2.57. The van der Waals surface area contributed by atoms with Crippen LogP contribution in [0, 0.1) is 11.8 Å². The number of rotatable bonds is 17. The number of aromatic nitrogens is 3. The van der Waals surface area contributed by atoms with E-state index in [4.69, 9.17) is 4.74 Å². The third-order valence-electron chi connectivity index (χ3n) is 9.71. The quantitative estimate of drug-likeness (QED) is 0.165. The number of hydrogen-bond donors (Lipinski definition) is 2. The van der Waals surface area contributed by atoms with E-state index in [1.165, 1.54) is 23.5 Å². The lowest BCUT2D eigenvalue weighted by molar-refractivity contribution is -0.128. The van der Waals surface area contributed by atoms with E-state index in [1.54, 1.807) is 28.1 Å². The number of carbonyl (C=O) groups is 2. The second-order valence-electron chi connectivity index (χ2n) is 13.9. The highest BCUT2D eigenvalue weighted by atomic mass is 32.2. The summed E-state index contributed by atoms with van der Waals surface area (Å²) in [5.74, 6) is 0.575. The number of carbonyl (C=O) groups excluding carboxylic acids is 2. The second-order valence-corrected chi connectivity index (χ2v) is 15.9. The van der Waals surface area contributed by atoms with Gasteiger partial charge in [0.25, 0.3) is 0 Å². The predicted molar refractivity (Wildman–Crippen MR) is 199 cm³/mol. The van der Waals surface area contributed by atoms with Gasteiger partial charge in [0.1, 0.15) is 23.1 Å². The van der Waals surface area contributed by atoms with Gasteiger partial charge in [-0.05, 0) is 60.2 Å². The van der Waals surface area contributed by atoms with Crippen LogP contribution in [0.3, 0.4) is 0 Å². The smallest absolute Gasteiger partial charge is 0.321 e. The molecule has 5 rings (SSSR count). The van der Waals surface area contributed by atoms with Crippen LogP contribution < -0.4 is 10.1 Å². The number of pyridine rings is 1. The maximum atomic E-state index is 14.4. The first-order valence-corrected chi connectivity index (χ1v) is 19.3. The molecular formula is C38H51N7O6S. The van der Waals surface area contributed by atoms with Crippen LogP contribution >= 0.6 is 0 Å². The molecule has 1 aliphatic heterocycles. The van der Waals surface area contributed by atoms with E-state index in [-0.39, 0.29) is 48.8 Å². The van der Waals surface area contributed by atoms with Gasteiger partial charge in [-0.15, -0.1) is 0 Å². The molecule has 2 aromatic carbocycles. The van der Waals surface area contributed by atoms with Crippen molar-refractivity contribution in [2.24, 2.45) is 18.9 Å². The highest BCUT2D eigenvalue weighted by Gasteiger charge is 2.41. The summed E-state index contributed by atoms with van der Waals surface area (Å²) in [5.41, 5.74) is 2.33. The first-order valence-electron chi connectivity index (χ1n) is 17.8. The Labute approximate surface area is 306 Å². The molecule has 1 aliphatic rings. The fraction of sp³-hybridized carbons (Fsp3) is 0.474. The summed E-state index contributed by atoms with van der Waals surface area (Å²) in [6.07, 6.45) is 1.31. The van der Waals surface area contributed by atoms with Crippen molar-refractivity contribution in [3.8, 4) is 5.75 Å². The molecule has 0 bridgehead atoms. The van der Waals surface area contributed by atoms with E-state index in [1.807, 2.05) is 81.8 Å². The number of fused-ring (bicyclic) bond motifs is 1. The Morgan fingerprint density at radius 3 is 2.37 bits per heavy atom. The predicted octanol–water partition coefficient (Wildman–Crippen LogP) is 4.06. The van der Waals surface area contributed by atoms with Crippen molar-refractivity contribution in [1.82, 2.24) is 34.0 Å². The number of nitrogens with zero attached hydrogens (tertiary/aromatic N) is 6. The Hall–Kier alpha value is -4.53. The Bertz CT molecular complexity index is 1920. The first-order chi connectivity index (χ1) is 24.8. The summed E-state index contributed by atoms with van der Waals surface area (Å²) in [6.45, 7) is 8.66. The van der Waals surface area contributed by atoms with Gasteiger partial charge in [-0.2, -0.15) is 4.31 Å². The molecule has 280 valence electrons. The molecule has 3 heterocycles. The van der Waals surface area contributed by atoms with Gasteiger partial charge in [-0.3, -0.25) is 4.79 Å². The Morgan fingerprint density at radius 1 is 1.02 bits per heavy atom. The van der Waals surface area contributed by atoms with Crippen LogP contribution in [-0.4, -0.2) is 106 Å². The molecule has 2 unspecified atom stereocenters. The van der Waals surface area contributed by atoms with Gasteiger partial charge >= 0.3 is 6.03 Å². The van der Waals surface area contributed by atoms with Crippen LogP contribution in [0.2, 0.25) is 0 Å². The average Bonchev–Trinajstić information content (AvgIpc) is 3.65. The molecule has 4 atom stereocenters. The molecule has 2 aromatic heterocycles. The maximum absolute atomic E-state index is 14.4. The zero-order valence-corrected chi connectivity index (χ0v) is 31.7. The summed E-state index contributed by atoms with van der Waals surface area (Å²) in [4.78, 5) is 40.8. The van der Waals surface area contributed by atoms with Gasteiger partial charge in [0.05, 0.1) is 30.7 Å². The zero-order chi connectivity index (χ0) is 37.6. The number of benzene rings is 2. The summed E-state index contributed by atoms with van der Waals surface area (Å²) in [6, 6.07) is 17.3. The number of ether oxygens (including phenoxy) is 1. The molecular weight excluding hydrogens is 683 g/mol. The average molecular weight is 734 g/mol. The largest absolute Gasteiger partial charge is 0.497 e. The Kier molecular flexibility index (Phi) is 12.6. The van der Waals surface area contributed by atoms with Gasteiger partial charge in [-0.25, -0.2) is 23.2 Å². The zero-order valence-electron chi connectivity index (χ0n) is 30.8. The number of nitrogens with one attached hydrogen (secondary N) is 1. The molecule has 1 saturated heterocycles. The number of aliphatic hydroxyl groups excluding tert-OH is 1. The summed E-state index contributed by atoms with van der Waals surface area (Å²) in [7, 11) is -0.635. The molecule has 0 radical (unpaired) electrons. The van der Waals surface area contributed by atoms with Crippen molar-refractivity contribution >= 4 is 33.1 Å². The number of aliphatic hydroxyl groups is 1. The number of sulfonamides is 1. The molecule has 2 N–H and O–H groups in total. The van der Waals surface area contributed by atoms with E-state index in [2.05, 4.69) is 15.3 Å². The lowest BCUT2D eigenvalue weighted by Gasteiger charge is -2.35. The van der Waals surface area contributed by atoms with Gasteiger partial charge in [0, 0.05) is 39.4 Å². The highest BCUT2D eigenvalue weighted by molar-refractivity contribution is 7.89. The third-order valence-corrected chi connectivity index (χ3v) is 11.6. The van der Waals surface area contributed by atoms with Crippen molar-refractivity contribution in [2.75, 3.05) is 33.3 Å². The molecule has 13 nitrogen and oxygen atoms in total. The normalized spacial score (nSPS) is 16.1. The molecule has 3 amide bonds. The number of hydrogen-bond acceptors (Lipinski definition) is 8. The summed E-state index contributed by atoms with van der Waals surface area (Å²) in [5, 5.41) is 14.9. The van der Waals surface area contributed by atoms with Crippen molar-refractivity contribution in [3.63, 3.8) is 0 Å². The summed E-state index contributed by atoms with van der Waals surface area (Å²) < 4.78 is 36.2. The van der Waals surface area contributed by atoms with E-state index in [9.17, 15) is 23.1 Å². The minimum absolute atomic E-state index is 0.0401. The van der Waals surface area contributed by atoms with E-state index in [0.29, 0.717) is 31.1 Å². The minimum Gasteiger partial charge on any atom is -0.497 e. The fourth-order valence-corrected chi connectivity index (χ4v) is 8.27. The molecule has 52 heavy (non-hydrogen) atoms. The monoisotopic (exact) mass is 733 g/mol. The van der Waals surface area contributed by atoms with E-state index < -0.39 is 34.1 Å². The number of amides is 3. The molecule has 14 heteroatoms. The number of urea groups is 1. The fourth-order valence-electron chi connectivity index (χ4n) is 6.65. The van der Waals surface area contributed by atoms with Gasteiger partial charge in [0.2, 0.25) is 15.9 Å². The van der Waals surface area contributed by atoms with Crippen LogP contribution in [0.5, 0.6) is 5.75 Å². The number of aryl methyl sites for hydroxylation is 1. The third kappa shape index (κ3) is 8.73. The van der Waals surface area contributed by atoms with E-state index in [0.717, 1.165) is 16.7 Å². The van der Waals surface area contributed by atoms with Crippen LogP contribution in [-0.2, 0) is 34.8 Å². The van der Waals surface area contributed by atoms with Gasteiger partial charge in [-0.1, -0.05) is 64.4 Å². The van der Waals surface area contributed by atoms with Crippen LogP contribution in [0.4, 0.5) is 4.79 Å². The highest BCUT2D eigenvalue weighted by Crippen LogP contribution is 2.25. The SMILES string of the molecule is CCC(C)C(C(=O)N[C@@H](Cc1ccccc1)[C@H](O)CN(CC(C)C)S(=O)(=O)c1ccc(OC)cc1)N1CCN(Cc2nc3cccnc3n2C)C1=O.